The van der Waals surface area contributed by atoms with Crippen molar-refractivity contribution in [3.05, 3.63) is 0 Å². The molecule has 0 aromatic heterocycles. The number of nitrogens with one attached hydrogen (secondary N) is 10. The van der Waals surface area contributed by atoms with E-state index in [0.29, 0.717) is 32.2 Å². The average molecular weight is 1510 g/mol. The van der Waals surface area contributed by atoms with Gasteiger partial charge in [-0.25, -0.2) is 4.79 Å². The first-order valence-corrected chi connectivity index (χ1v) is 35.1. The monoisotopic (exact) mass is 1510 g/mol. The van der Waals surface area contributed by atoms with Gasteiger partial charge in [0.25, 0.3) is 0 Å². The molecule has 0 unspecified atom stereocenters. The van der Waals surface area contributed by atoms with Gasteiger partial charge < -0.3 is 119 Å². The van der Waals surface area contributed by atoms with Crippen molar-refractivity contribution in [2.75, 3.05) is 26.2 Å². The maximum Gasteiger partial charge on any atom is 0.326 e. The lowest BCUT2D eigenvalue weighted by Crippen LogP contribution is -2.58. The van der Waals surface area contributed by atoms with Crippen LogP contribution in [0.4, 0.5) is 0 Å². The molecular weight excluding hydrogens is 1400 g/mol. The lowest BCUT2D eigenvalue weighted by molar-refractivity contribution is -0.143. The minimum Gasteiger partial charge on any atom is -0.481 e. The Morgan fingerprint density at radius 1 is 0.349 bits per heavy atom. The van der Waals surface area contributed by atoms with Crippen molar-refractivity contribution in [3.63, 3.8) is 0 Å². The lowest BCUT2D eigenvalue weighted by Gasteiger charge is -2.27. The average Bonchev–Trinajstić information content (AvgIpc) is 0.862. The van der Waals surface area contributed by atoms with Crippen LogP contribution in [0.3, 0.4) is 0 Å². The zero-order valence-electron chi connectivity index (χ0n) is 61.4. The number of nitrogens with two attached hydrogens (primary N) is 8. The molecule has 0 aliphatic heterocycles. The van der Waals surface area contributed by atoms with E-state index < -0.39 is 242 Å². The van der Waals surface area contributed by atoms with Crippen LogP contribution in [0.15, 0.2) is 9.98 Å². The number of primary amides is 1. The predicted molar refractivity (Wildman–Crippen MR) is 383 cm³/mol. The van der Waals surface area contributed by atoms with Crippen LogP contribution in [0, 0.1) is 23.7 Å². The van der Waals surface area contributed by atoms with E-state index >= 15 is 0 Å². The van der Waals surface area contributed by atoms with Gasteiger partial charge in [-0.2, -0.15) is 0 Å². The Kier molecular flexibility index (Phi) is 46.2. The molecule has 11 amide bonds. The number of carbonyl (C=O) groups excluding carboxylic acids is 13. The Balaban J connectivity index is 7.15. The van der Waals surface area contributed by atoms with Crippen LogP contribution in [0.1, 0.15) is 177 Å². The van der Waals surface area contributed by atoms with E-state index in [9.17, 15) is 102 Å². The molecule has 0 aromatic rings. The van der Waals surface area contributed by atoms with Gasteiger partial charge in [0.15, 0.2) is 23.5 Å². The Morgan fingerprint density at radius 3 is 1.17 bits per heavy atom. The number of Topliss-reactive ketones (excluding diaryl/α,β-unsaturated/α-hetero) is 2. The van der Waals surface area contributed by atoms with Crippen molar-refractivity contribution >= 4 is 112 Å². The Morgan fingerprint density at radius 2 is 0.736 bits per heavy atom. The second-order valence-corrected chi connectivity index (χ2v) is 26.5. The third-order valence-corrected chi connectivity index (χ3v) is 16.5. The van der Waals surface area contributed by atoms with Gasteiger partial charge in [0.05, 0.1) is 24.5 Å². The molecule has 0 saturated heterocycles. The van der Waals surface area contributed by atoms with E-state index in [2.05, 4.69) is 63.2 Å². The van der Waals surface area contributed by atoms with E-state index in [1.54, 1.807) is 13.8 Å². The number of carbonyl (C=O) groups is 17. The van der Waals surface area contributed by atoms with E-state index in [1.807, 2.05) is 0 Å². The first-order chi connectivity index (χ1) is 49.5. The van der Waals surface area contributed by atoms with E-state index in [1.165, 1.54) is 34.6 Å². The third kappa shape index (κ3) is 40.8. The fraction of sp³-hybridized carbons (Fsp3) is 0.708. The van der Waals surface area contributed by atoms with E-state index in [4.69, 9.17) is 45.9 Å². The highest BCUT2D eigenvalue weighted by Gasteiger charge is 2.38. The number of guanidine groups is 2. The van der Waals surface area contributed by atoms with Gasteiger partial charge in [0.1, 0.15) is 48.3 Å². The van der Waals surface area contributed by atoms with Gasteiger partial charge in [0, 0.05) is 57.0 Å². The normalized spacial score (nSPS) is 14.8. The maximum absolute atomic E-state index is 14.6. The highest BCUT2D eigenvalue weighted by Crippen LogP contribution is 2.20. The highest BCUT2D eigenvalue weighted by molar-refractivity contribution is 6.00. The molecule has 0 heterocycles. The number of nitrogens with zero attached hydrogens (tertiary/aromatic N) is 2. The minimum atomic E-state index is -1.83. The standard InChI is InChI=1S/C65H114N20O21/c1-32(2)28-46(63(105)106)85-54(96)36(7)78-62(104)45(31-52(93)94)84-56(98)38(33(3)4)30-47(86)34(5)76-59(101)43(19-22-50(89)90)81-55(97)37(18-21-49(69)88)29-48(87)40(16-12-26-74-64(70)71)79-60(102)42(17-13-27-75-65(72)73)83-61(103)44(20-23-51(91)92)80-53(95)35(6)77-58(100)41(15-9-11-25-67)82-57(99)39(68)14-8-10-24-66/h32-46H,8-31,66-68H2,1-7H3,(H2,69,88)(H,76,101)(H,77,100)(H,78,104)(H,79,102)(H,80,95)(H,81,97)(H,82,99)(H,83,103)(H,84,98)(H,85,96)(H,89,90)(H,91,92)(H,93,94)(H,105,106)(H4,70,71,74)(H4,72,73,75)/t34-,35-,36-,37+,38-,39-,40-,41-,42-,43-,44-,45-,46-/m0/s1. The first-order valence-electron chi connectivity index (χ1n) is 35.1. The number of ketones is 2. The van der Waals surface area contributed by atoms with Gasteiger partial charge in [-0.15, -0.1) is 0 Å². The second-order valence-electron chi connectivity index (χ2n) is 26.5. The molecule has 41 heteroatoms. The van der Waals surface area contributed by atoms with Crippen LogP contribution in [0.5, 0.6) is 0 Å². The van der Waals surface area contributed by atoms with Crippen LogP contribution in [-0.4, -0.2) is 225 Å². The molecule has 0 aliphatic rings. The molecule has 0 rings (SSSR count). The maximum atomic E-state index is 14.6. The number of hydrogen-bond acceptors (Lipinski definition) is 22. The number of aliphatic carboxylic acids is 4. The smallest absolute Gasteiger partial charge is 0.326 e. The van der Waals surface area contributed by atoms with Crippen molar-refractivity contribution in [3.8, 4) is 0 Å². The number of amides is 11. The number of unbranched alkanes of at least 4 members (excludes halogenated alkanes) is 2. The summed E-state index contributed by atoms with van der Waals surface area (Å²) in [5.41, 5.74) is 44.9. The van der Waals surface area contributed by atoms with Crippen molar-refractivity contribution in [1.82, 2.24) is 53.2 Å². The van der Waals surface area contributed by atoms with Gasteiger partial charge in [0.2, 0.25) is 65.0 Å². The molecule has 13 atom stereocenters. The van der Waals surface area contributed by atoms with Crippen molar-refractivity contribution in [2.24, 2.45) is 79.5 Å². The Bertz CT molecular complexity index is 3050. The summed E-state index contributed by atoms with van der Waals surface area (Å²) < 4.78 is 0. The molecule has 106 heavy (non-hydrogen) atoms. The van der Waals surface area contributed by atoms with Crippen LogP contribution >= 0.6 is 0 Å². The summed E-state index contributed by atoms with van der Waals surface area (Å²) in [6.07, 6.45) is -4.62. The fourth-order valence-corrected chi connectivity index (χ4v) is 10.3. The lowest BCUT2D eigenvalue weighted by atomic mass is 9.88. The fourth-order valence-electron chi connectivity index (χ4n) is 10.3. The molecule has 30 N–H and O–H groups in total. The molecule has 0 spiro atoms. The topological polar surface area (TPSA) is 724 Å². The molecule has 0 radical (unpaired) electrons. The number of aliphatic imine (C=N–C) groups is 2. The first kappa shape index (κ1) is 95.8. The molecule has 600 valence electrons. The SMILES string of the molecule is CC(C)C[C@H](NC(=O)[C@H](C)NC(=O)[C@H](CC(=O)O)NC(=O)[C@@H](CC(=O)[C@H](C)NC(=O)[C@H](CCC(=O)O)NC(=O)[C@H](CCC(N)=O)CC(=O)[C@H](CCCN=C(N)N)NC(=O)[C@H](CCCN=C(N)N)NC(=O)[C@H](CCC(=O)O)NC(=O)[C@H](C)NC(=O)[C@H](CCCCN)NC(=O)[C@@H](N)CCCCN)C(C)C)C(=O)O. The third-order valence-electron chi connectivity index (χ3n) is 16.5. The number of carboxylic acid groups (broad SMARTS) is 4. The van der Waals surface area contributed by atoms with Crippen LogP contribution < -0.4 is 99.0 Å². The molecule has 41 nitrogen and oxygen atoms in total. The summed E-state index contributed by atoms with van der Waals surface area (Å²) in [5, 5.41) is 62.6. The molecule has 0 aromatic carbocycles. The summed E-state index contributed by atoms with van der Waals surface area (Å²) in [7, 11) is 0. The van der Waals surface area contributed by atoms with Crippen molar-refractivity contribution in [1.29, 1.82) is 0 Å². The van der Waals surface area contributed by atoms with E-state index in [0.717, 1.165) is 0 Å². The molecular formula is C65H114N20O21. The van der Waals surface area contributed by atoms with Crippen LogP contribution in [0.2, 0.25) is 0 Å². The van der Waals surface area contributed by atoms with Gasteiger partial charge >= 0.3 is 23.9 Å². The largest absolute Gasteiger partial charge is 0.481 e. The summed E-state index contributed by atoms with van der Waals surface area (Å²) in [6, 6.07) is -16.5. The highest BCUT2D eigenvalue weighted by atomic mass is 16.4. The summed E-state index contributed by atoms with van der Waals surface area (Å²) in [5.74, 6) is -23.0. The Labute approximate surface area is 614 Å². The molecule has 0 fully saturated rings. The van der Waals surface area contributed by atoms with Crippen molar-refractivity contribution < 1.29 is 102 Å². The number of carboxylic acids is 4. The zero-order valence-corrected chi connectivity index (χ0v) is 61.4. The summed E-state index contributed by atoms with van der Waals surface area (Å²) >= 11 is 0. The quantitative estimate of drug-likeness (QED) is 0.0153. The molecule has 0 bridgehead atoms. The van der Waals surface area contributed by atoms with Crippen molar-refractivity contribution in [2.45, 2.75) is 243 Å². The van der Waals surface area contributed by atoms with Crippen LogP contribution in [-0.2, 0) is 81.5 Å². The number of rotatable bonds is 57. The van der Waals surface area contributed by atoms with Gasteiger partial charge in [-0.3, -0.25) is 86.7 Å². The zero-order chi connectivity index (χ0) is 81.1. The second kappa shape index (κ2) is 51.1. The predicted octanol–water partition coefficient (Wildman–Crippen LogP) is -6.01. The summed E-state index contributed by atoms with van der Waals surface area (Å²) in [4.78, 5) is 234. The van der Waals surface area contributed by atoms with Gasteiger partial charge in [-0.05, 0) is 129 Å². The molecule has 0 aliphatic carbocycles. The Hall–Kier alpha value is -10.2. The minimum absolute atomic E-state index is 0.0361. The number of hydrogen-bond donors (Lipinski definition) is 22. The summed E-state index contributed by atoms with van der Waals surface area (Å²) in [6.45, 7) is 10.4. The molecule has 0 saturated carbocycles. The van der Waals surface area contributed by atoms with E-state index in [-0.39, 0.29) is 82.4 Å². The van der Waals surface area contributed by atoms with Crippen LogP contribution in [0.25, 0.3) is 0 Å². The van der Waals surface area contributed by atoms with Gasteiger partial charge in [-0.1, -0.05) is 34.1 Å².